The van der Waals surface area contributed by atoms with Crippen LogP contribution in [-0.4, -0.2) is 10.5 Å². The zero-order valence-corrected chi connectivity index (χ0v) is 18.7. The maximum Gasteiger partial charge on any atom is 0.126 e. The average Bonchev–Trinajstić information content (AvgIpc) is 3.12. The average molecular weight is 523 g/mol. The quantitative estimate of drug-likeness (QED) is 0.379. The maximum atomic E-state index is 14.1. The molecule has 0 radical (unpaired) electrons. The topological polar surface area (TPSA) is 45.1 Å². The second-order valence-electron chi connectivity index (χ2n) is 6.51. The molecule has 0 saturated heterocycles. The van der Waals surface area contributed by atoms with Crippen molar-refractivity contribution in [2.24, 2.45) is 0 Å². The molecule has 1 aliphatic heterocycles. The van der Waals surface area contributed by atoms with Crippen LogP contribution in [0.5, 0.6) is 0 Å². The van der Waals surface area contributed by atoms with Crippen molar-refractivity contribution in [3.63, 3.8) is 0 Å². The number of benzene rings is 2. The monoisotopic (exact) mass is 520 g/mol. The van der Waals surface area contributed by atoms with E-state index in [1.807, 2.05) is 4.57 Å². The lowest BCUT2D eigenvalue weighted by atomic mass is 10.0. The van der Waals surface area contributed by atoms with Gasteiger partial charge < -0.3 is 14.5 Å². The normalized spacial score (nSPS) is 16.0. The second kappa shape index (κ2) is 7.73. The fourth-order valence-electron chi connectivity index (χ4n) is 3.64. The first kappa shape index (κ1) is 20.4. The van der Waals surface area contributed by atoms with E-state index in [0.717, 1.165) is 16.0 Å². The largest absolute Gasteiger partial charge is 0.550 e. The van der Waals surface area contributed by atoms with E-state index in [9.17, 15) is 14.3 Å². The third-order valence-corrected chi connectivity index (χ3v) is 7.71. The van der Waals surface area contributed by atoms with E-state index in [1.54, 1.807) is 12.1 Å². The van der Waals surface area contributed by atoms with Crippen molar-refractivity contribution in [1.82, 2.24) is 4.57 Å². The Labute approximate surface area is 187 Å². The van der Waals surface area contributed by atoms with Crippen LogP contribution >= 0.6 is 62.5 Å². The number of aromatic nitrogens is 1. The molecule has 1 aromatic heterocycles. The Morgan fingerprint density at radius 2 is 1.93 bits per heavy atom. The second-order valence-corrected chi connectivity index (χ2v) is 9.64. The summed E-state index contributed by atoms with van der Waals surface area (Å²) in [4.78, 5) is 12.8. The van der Waals surface area contributed by atoms with Crippen LogP contribution in [0.15, 0.2) is 38.5 Å². The minimum absolute atomic E-state index is 0.0981. The van der Waals surface area contributed by atoms with Gasteiger partial charge in [0.25, 0.3) is 0 Å². The SMILES string of the molecule is O=C([O-])CC1CCn2c1c(Sc1cc(Cl)c(Cl)cc1Cl)c1c(Br)cc(F)cc12. The number of fused-ring (bicyclic) bond motifs is 3. The fraction of sp³-hybridized carbons (Fsp3) is 0.211. The smallest absolute Gasteiger partial charge is 0.126 e. The van der Waals surface area contributed by atoms with Gasteiger partial charge in [0.05, 0.1) is 20.6 Å². The van der Waals surface area contributed by atoms with Crippen molar-refractivity contribution in [2.75, 3.05) is 0 Å². The molecule has 3 nitrogen and oxygen atoms in total. The van der Waals surface area contributed by atoms with E-state index < -0.39 is 5.97 Å². The molecule has 1 aliphatic rings. The lowest BCUT2D eigenvalue weighted by Gasteiger charge is -2.14. The molecule has 0 fully saturated rings. The molecule has 4 rings (SSSR count). The summed E-state index contributed by atoms with van der Waals surface area (Å²) in [5.41, 5.74) is 1.55. The first-order valence-electron chi connectivity index (χ1n) is 8.29. The van der Waals surface area contributed by atoms with Crippen molar-refractivity contribution in [3.05, 3.63) is 55.3 Å². The number of nitrogens with zero attached hydrogens (tertiary/aromatic N) is 1. The fourth-order valence-corrected chi connectivity index (χ4v) is 6.37. The van der Waals surface area contributed by atoms with Crippen molar-refractivity contribution in [2.45, 2.75) is 35.1 Å². The van der Waals surface area contributed by atoms with Gasteiger partial charge in [0.2, 0.25) is 0 Å². The van der Waals surface area contributed by atoms with E-state index in [1.165, 1.54) is 23.9 Å². The zero-order chi connectivity index (χ0) is 20.2. The molecular formula is C19H11BrCl3FNO2S-. The Balaban J connectivity index is 1.94. The van der Waals surface area contributed by atoms with Gasteiger partial charge in [-0.15, -0.1) is 0 Å². The van der Waals surface area contributed by atoms with E-state index in [4.69, 9.17) is 34.8 Å². The lowest BCUT2D eigenvalue weighted by Crippen LogP contribution is -2.24. The third kappa shape index (κ3) is 3.54. The first-order valence-corrected chi connectivity index (χ1v) is 11.0. The number of carbonyl (C=O) groups is 1. The minimum Gasteiger partial charge on any atom is -0.550 e. The summed E-state index contributed by atoms with van der Waals surface area (Å²) in [6, 6.07) is 6.10. The molecule has 2 aromatic carbocycles. The highest BCUT2D eigenvalue weighted by molar-refractivity contribution is 9.10. The number of carboxylic acids is 1. The molecule has 0 N–H and O–H groups in total. The van der Waals surface area contributed by atoms with Gasteiger partial charge in [-0.05, 0) is 53.0 Å². The number of aryl methyl sites for hydroxylation is 1. The van der Waals surface area contributed by atoms with Crippen molar-refractivity contribution < 1.29 is 14.3 Å². The Morgan fingerprint density at radius 1 is 1.21 bits per heavy atom. The van der Waals surface area contributed by atoms with Crippen LogP contribution in [0.2, 0.25) is 15.1 Å². The molecule has 28 heavy (non-hydrogen) atoms. The first-order chi connectivity index (χ1) is 13.3. The Hall–Kier alpha value is -0.920. The lowest BCUT2D eigenvalue weighted by molar-refractivity contribution is -0.306. The van der Waals surface area contributed by atoms with Crippen LogP contribution in [0, 0.1) is 5.82 Å². The van der Waals surface area contributed by atoms with E-state index in [2.05, 4.69) is 15.9 Å². The van der Waals surface area contributed by atoms with Gasteiger partial charge in [0, 0.05) is 43.8 Å². The predicted molar refractivity (Wildman–Crippen MR) is 112 cm³/mol. The number of carboxylic acid groups (broad SMARTS) is 1. The van der Waals surface area contributed by atoms with Gasteiger partial charge in [-0.2, -0.15) is 0 Å². The van der Waals surface area contributed by atoms with Gasteiger partial charge in [-0.25, -0.2) is 4.39 Å². The Kier molecular flexibility index (Phi) is 5.62. The molecule has 1 atom stereocenters. The molecule has 0 amide bonds. The molecule has 0 spiro atoms. The van der Waals surface area contributed by atoms with Crippen LogP contribution in [0.25, 0.3) is 10.9 Å². The molecule has 2 heterocycles. The molecular weight excluding hydrogens is 512 g/mol. The zero-order valence-electron chi connectivity index (χ0n) is 14.1. The molecule has 146 valence electrons. The number of rotatable bonds is 4. The van der Waals surface area contributed by atoms with Crippen LogP contribution in [0.4, 0.5) is 4.39 Å². The van der Waals surface area contributed by atoms with E-state index in [-0.39, 0.29) is 18.2 Å². The summed E-state index contributed by atoms with van der Waals surface area (Å²) < 4.78 is 16.6. The van der Waals surface area contributed by atoms with Crippen LogP contribution in [0.3, 0.4) is 0 Å². The van der Waals surface area contributed by atoms with Gasteiger partial charge in [-0.3, -0.25) is 0 Å². The highest BCUT2D eigenvalue weighted by Gasteiger charge is 2.31. The summed E-state index contributed by atoms with van der Waals surface area (Å²) in [7, 11) is 0. The van der Waals surface area contributed by atoms with Crippen LogP contribution < -0.4 is 5.11 Å². The molecule has 1 unspecified atom stereocenters. The number of aliphatic carboxylic acids is 1. The number of carbonyl (C=O) groups excluding carboxylic acids is 1. The Morgan fingerprint density at radius 3 is 2.64 bits per heavy atom. The van der Waals surface area contributed by atoms with Gasteiger partial charge in [0.15, 0.2) is 0 Å². The highest BCUT2D eigenvalue weighted by atomic mass is 79.9. The van der Waals surface area contributed by atoms with Gasteiger partial charge in [-0.1, -0.05) is 46.6 Å². The van der Waals surface area contributed by atoms with E-state index >= 15 is 0 Å². The molecule has 0 aliphatic carbocycles. The summed E-state index contributed by atoms with van der Waals surface area (Å²) in [5.74, 6) is -1.71. The van der Waals surface area contributed by atoms with Crippen LogP contribution in [-0.2, 0) is 11.3 Å². The van der Waals surface area contributed by atoms with Gasteiger partial charge in [0.1, 0.15) is 5.82 Å². The van der Waals surface area contributed by atoms with E-state index in [0.29, 0.717) is 42.9 Å². The standard InChI is InChI=1S/C19H12BrCl3FNO2S/c20-10-4-9(24)5-14-17(10)19(18-8(3-16(26)27)1-2-25(14)18)28-15-7-12(22)11(21)6-13(15)23/h4-8H,1-3H2,(H,26,27)/p-1. The Bertz CT molecular complexity index is 1130. The molecule has 3 aromatic rings. The van der Waals surface area contributed by atoms with Crippen molar-refractivity contribution in [1.29, 1.82) is 0 Å². The van der Waals surface area contributed by atoms with Crippen molar-refractivity contribution in [3.8, 4) is 0 Å². The number of hydrogen-bond donors (Lipinski definition) is 0. The summed E-state index contributed by atoms with van der Waals surface area (Å²) >= 11 is 23.4. The summed E-state index contributed by atoms with van der Waals surface area (Å²) in [6.07, 6.45) is 0.551. The minimum atomic E-state index is -1.11. The molecule has 0 bridgehead atoms. The number of halogens is 5. The predicted octanol–water partition coefficient (Wildman–Crippen LogP) is 6.28. The van der Waals surface area contributed by atoms with Crippen molar-refractivity contribution >= 4 is 79.4 Å². The summed E-state index contributed by atoms with van der Waals surface area (Å²) in [5, 5.41) is 13.2. The highest BCUT2D eigenvalue weighted by Crippen LogP contribution is 2.50. The number of hydrogen-bond acceptors (Lipinski definition) is 3. The van der Waals surface area contributed by atoms with Gasteiger partial charge >= 0.3 is 0 Å². The molecule has 0 saturated carbocycles. The molecule has 9 heteroatoms. The third-order valence-electron chi connectivity index (χ3n) is 4.76. The van der Waals surface area contributed by atoms with Crippen LogP contribution in [0.1, 0.15) is 24.5 Å². The summed E-state index contributed by atoms with van der Waals surface area (Å²) in [6.45, 7) is 0.606. The maximum absolute atomic E-state index is 14.1.